The van der Waals surface area contributed by atoms with E-state index in [1.807, 2.05) is 6.92 Å². The SMILES string of the molecule is CCc1cc(=O)oc2cc(OCC(=O)Nc3cccc([N+](=O)[O-])c3C)ccc12. The van der Waals surface area contributed by atoms with Crippen LogP contribution in [0.5, 0.6) is 5.75 Å². The summed E-state index contributed by atoms with van der Waals surface area (Å²) in [6.45, 7) is 3.20. The Balaban J connectivity index is 1.72. The number of amides is 1. The van der Waals surface area contributed by atoms with Crippen molar-refractivity contribution in [2.75, 3.05) is 11.9 Å². The van der Waals surface area contributed by atoms with Gasteiger partial charge in [0.2, 0.25) is 0 Å². The zero-order valence-electron chi connectivity index (χ0n) is 15.4. The maximum atomic E-state index is 12.2. The number of ether oxygens (including phenoxy) is 1. The Bertz CT molecular complexity index is 1120. The van der Waals surface area contributed by atoms with Crippen LogP contribution in [0.4, 0.5) is 11.4 Å². The van der Waals surface area contributed by atoms with Crippen molar-refractivity contribution < 1.29 is 18.9 Å². The summed E-state index contributed by atoms with van der Waals surface area (Å²) < 4.78 is 10.7. The molecular weight excluding hydrogens is 364 g/mol. The Morgan fingerprint density at radius 2 is 2.04 bits per heavy atom. The number of nitro benzene ring substituents is 1. The lowest BCUT2D eigenvalue weighted by molar-refractivity contribution is -0.385. The van der Waals surface area contributed by atoms with Gasteiger partial charge in [-0.25, -0.2) is 4.79 Å². The highest BCUT2D eigenvalue weighted by Crippen LogP contribution is 2.25. The number of benzene rings is 2. The minimum absolute atomic E-state index is 0.0741. The van der Waals surface area contributed by atoms with E-state index in [2.05, 4.69) is 5.32 Å². The molecule has 3 rings (SSSR count). The van der Waals surface area contributed by atoms with Gasteiger partial charge in [0.15, 0.2) is 6.61 Å². The average molecular weight is 382 g/mol. The number of aryl methyl sites for hydroxylation is 1. The molecule has 0 aliphatic rings. The van der Waals surface area contributed by atoms with Crippen molar-refractivity contribution in [3.63, 3.8) is 0 Å². The van der Waals surface area contributed by atoms with E-state index in [1.54, 1.807) is 31.2 Å². The van der Waals surface area contributed by atoms with Gasteiger partial charge in [0.1, 0.15) is 11.3 Å². The molecule has 1 N–H and O–H groups in total. The molecule has 0 radical (unpaired) electrons. The molecule has 0 saturated carbocycles. The van der Waals surface area contributed by atoms with E-state index in [9.17, 15) is 19.7 Å². The molecule has 0 fully saturated rings. The molecule has 1 heterocycles. The normalized spacial score (nSPS) is 10.6. The fraction of sp³-hybridized carbons (Fsp3) is 0.200. The van der Waals surface area contributed by atoms with Gasteiger partial charge in [-0.2, -0.15) is 0 Å². The van der Waals surface area contributed by atoms with Crippen LogP contribution in [-0.2, 0) is 11.2 Å². The van der Waals surface area contributed by atoms with Crippen molar-refractivity contribution in [3.8, 4) is 5.75 Å². The van der Waals surface area contributed by atoms with E-state index in [1.165, 1.54) is 18.2 Å². The molecule has 1 amide bonds. The van der Waals surface area contributed by atoms with Gasteiger partial charge in [-0.15, -0.1) is 0 Å². The molecule has 3 aromatic rings. The van der Waals surface area contributed by atoms with Gasteiger partial charge in [0, 0.05) is 23.6 Å². The van der Waals surface area contributed by atoms with E-state index in [-0.39, 0.29) is 12.3 Å². The van der Waals surface area contributed by atoms with Crippen LogP contribution in [-0.4, -0.2) is 17.4 Å². The first kappa shape index (κ1) is 19.1. The van der Waals surface area contributed by atoms with Gasteiger partial charge >= 0.3 is 5.63 Å². The van der Waals surface area contributed by atoms with E-state index in [0.717, 1.165) is 10.9 Å². The van der Waals surface area contributed by atoms with Crippen LogP contribution in [0.25, 0.3) is 11.0 Å². The van der Waals surface area contributed by atoms with E-state index >= 15 is 0 Å². The largest absolute Gasteiger partial charge is 0.484 e. The fourth-order valence-electron chi connectivity index (χ4n) is 2.88. The number of carbonyl (C=O) groups is 1. The molecule has 0 saturated heterocycles. The smallest absolute Gasteiger partial charge is 0.336 e. The molecular formula is C20H18N2O6. The molecule has 1 aromatic heterocycles. The summed E-state index contributed by atoms with van der Waals surface area (Å²) in [6, 6.07) is 10.9. The van der Waals surface area contributed by atoms with Gasteiger partial charge in [0.05, 0.1) is 16.2 Å². The molecule has 0 aliphatic carbocycles. The van der Waals surface area contributed by atoms with Crippen molar-refractivity contribution in [2.24, 2.45) is 0 Å². The number of nitrogens with one attached hydrogen (secondary N) is 1. The van der Waals surface area contributed by atoms with Crippen LogP contribution in [0.3, 0.4) is 0 Å². The van der Waals surface area contributed by atoms with Crippen LogP contribution in [0.2, 0.25) is 0 Å². The van der Waals surface area contributed by atoms with Gasteiger partial charge < -0.3 is 14.5 Å². The zero-order chi connectivity index (χ0) is 20.3. The average Bonchev–Trinajstić information content (AvgIpc) is 2.66. The Hall–Kier alpha value is -3.68. The second-order valence-corrected chi connectivity index (χ2v) is 6.15. The molecule has 0 spiro atoms. The maximum absolute atomic E-state index is 12.2. The number of hydrogen-bond donors (Lipinski definition) is 1. The Labute approximate surface area is 159 Å². The van der Waals surface area contributed by atoms with E-state index in [0.29, 0.717) is 29.0 Å². The first-order valence-electron chi connectivity index (χ1n) is 8.62. The van der Waals surface area contributed by atoms with Crippen molar-refractivity contribution in [1.29, 1.82) is 0 Å². The lowest BCUT2D eigenvalue weighted by atomic mass is 10.1. The van der Waals surface area contributed by atoms with E-state index < -0.39 is 16.5 Å². The molecule has 8 nitrogen and oxygen atoms in total. The predicted molar refractivity (Wildman–Crippen MR) is 104 cm³/mol. The molecule has 0 atom stereocenters. The summed E-state index contributed by atoms with van der Waals surface area (Å²) in [5, 5.41) is 14.4. The van der Waals surface area contributed by atoms with Crippen LogP contribution in [0.1, 0.15) is 18.1 Å². The minimum atomic E-state index is -0.505. The van der Waals surface area contributed by atoms with Crippen LogP contribution in [0, 0.1) is 17.0 Å². The number of nitrogens with zero attached hydrogens (tertiary/aromatic N) is 1. The lowest BCUT2D eigenvalue weighted by Gasteiger charge is -2.10. The first-order chi connectivity index (χ1) is 13.4. The third-order valence-electron chi connectivity index (χ3n) is 4.33. The fourth-order valence-corrected chi connectivity index (χ4v) is 2.88. The highest BCUT2D eigenvalue weighted by atomic mass is 16.6. The summed E-state index contributed by atoms with van der Waals surface area (Å²) in [5.41, 5.74) is 1.45. The van der Waals surface area contributed by atoms with Gasteiger partial charge in [0.25, 0.3) is 11.6 Å². The third-order valence-corrected chi connectivity index (χ3v) is 4.33. The number of rotatable bonds is 6. The standard InChI is InChI=1S/C20H18N2O6/c1-3-13-9-20(24)28-18-10-14(7-8-15(13)18)27-11-19(23)21-16-5-4-6-17(12(16)2)22(25)26/h4-10H,3,11H2,1-2H3,(H,21,23). The summed E-state index contributed by atoms with van der Waals surface area (Å²) >= 11 is 0. The Morgan fingerprint density at radius 1 is 1.25 bits per heavy atom. The number of hydrogen-bond acceptors (Lipinski definition) is 6. The van der Waals surface area contributed by atoms with Gasteiger partial charge in [-0.1, -0.05) is 13.0 Å². The summed E-state index contributed by atoms with van der Waals surface area (Å²) in [4.78, 5) is 34.3. The molecule has 0 unspecified atom stereocenters. The van der Waals surface area contributed by atoms with Crippen molar-refractivity contribution in [3.05, 3.63) is 74.1 Å². The summed E-state index contributed by atoms with van der Waals surface area (Å²) in [5.74, 6) is -0.0951. The van der Waals surface area contributed by atoms with Gasteiger partial charge in [-0.05, 0) is 37.1 Å². The molecule has 8 heteroatoms. The van der Waals surface area contributed by atoms with Crippen molar-refractivity contribution >= 4 is 28.3 Å². The molecule has 0 bridgehead atoms. The molecule has 28 heavy (non-hydrogen) atoms. The zero-order valence-corrected chi connectivity index (χ0v) is 15.4. The second kappa shape index (κ2) is 7.91. The van der Waals surface area contributed by atoms with Crippen LogP contribution in [0.15, 0.2) is 51.7 Å². The maximum Gasteiger partial charge on any atom is 0.336 e. The van der Waals surface area contributed by atoms with E-state index in [4.69, 9.17) is 9.15 Å². The monoisotopic (exact) mass is 382 g/mol. The number of fused-ring (bicyclic) bond motifs is 1. The molecule has 144 valence electrons. The second-order valence-electron chi connectivity index (χ2n) is 6.15. The Morgan fingerprint density at radius 3 is 2.75 bits per heavy atom. The molecule has 0 aliphatic heterocycles. The number of carbonyl (C=O) groups excluding carboxylic acids is 1. The number of anilines is 1. The van der Waals surface area contributed by atoms with Crippen molar-refractivity contribution in [2.45, 2.75) is 20.3 Å². The Kier molecular flexibility index (Phi) is 5.39. The third kappa shape index (κ3) is 4.01. The predicted octanol–water partition coefficient (Wildman–Crippen LogP) is 3.59. The van der Waals surface area contributed by atoms with Crippen LogP contribution >= 0.6 is 0 Å². The van der Waals surface area contributed by atoms with Gasteiger partial charge in [-0.3, -0.25) is 14.9 Å². The van der Waals surface area contributed by atoms with Crippen molar-refractivity contribution in [1.82, 2.24) is 0 Å². The minimum Gasteiger partial charge on any atom is -0.484 e. The summed E-state index contributed by atoms with van der Waals surface area (Å²) in [7, 11) is 0. The summed E-state index contributed by atoms with van der Waals surface area (Å²) in [6.07, 6.45) is 0.688. The number of nitro groups is 1. The van der Waals surface area contributed by atoms with Crippen LogP contribution < -0.4 is 15.7 Å². The molecule has 2 aromatic carbocycles. The lowest BCUT2D eigenvalue weighted by Crippen LogP contribution is -2.20. The highest BCUT2D eigenvalue weighted by Gasteiger charge is 2.15. The topological polar surface area (TPSA) is 112 Å². The first-order valence-corrected chi connectivity index (χ1v) is 8.62. The quantitative estimate of drug-likeness (QED) is 0.396. The highest BCUT2D eigenvalue weighted by molar-refractivity contribution is 5.93.